The van der Waals surface area contributed by atoms with Gasteiger partial charge in [-0.1, -0.05) is 115 Å². The summed E-state index contributed by atoms with van der Waals surface area (Å²) in [5.74, 6) is -1.71. The Kier molecular flexibility index (Phi) is 13.1. The lowest BCUT2D eigenvalue weighted by Crippen LogP contribution is -2.61. The molecule has 9 nitrogen and oxygen atoms in total. The van der Waals surface area contributed by atoms with Crippen molar-refractivity contribution in [3.05, 3.63) is 83.4 Å². The summed E-state index contributed by atoms with van der Waals surface area (Å²) in [6, 6.07) is 16.9. The van der Waals surface area contributed by atoms with Crippen molar-refractivity contribution in [1.82, 2.24) is 20.3 Å². The molecule has 0 heterocycles. The smallest absolute Gasteiger partial charge is 0.260 e. The molecule has 3 amide bonds. The molecule has 3 atom stereocenters. The van der Waals surface area contributed by atoms with Gasteiger partial charge >= 0.3 is 0 Å². The van der Waals surface area contributed by atoms with Crippen LogP contribution in [0.4, 0.5) is 0 Å². The second kappa shape index (κ2) is 15.7. The van der Waals surface area contributed by atoms with E-state index in [0.717, 1.165) is 11.1 Å². The number of aryl methyl sites for hydroxylation is 1. The van der Waals surface area contributed by atoms with Gasteiger partial charge in [0.1, 0.15) is 6.04 Å². The first-order chi connectivity index (χ1) is 20.8. The van der Waals surface area contributed by atoms with Crippen LogP contribution in [-0.4, -0.2) is 69.0 Å². The highest BCUT2D eigenvalue weighted by molar-refractivity contribution is 7.90. The SMILES string of the molecule is CNC(C(=O)NC(C(=O)N(C)C(/C=C(\C)C(=O)NS(=O)(=O)CCc1ccccc1)C(C)C)C(C)(C)C)C(C)(C)c1ccccc1. The van der Waals surface area contributed by atoms with Gasteiger partial charge in [-0.3, -0.25) is 14.4 Å². The van der Waals surface area contributed by atoms with Crippen molar-refractivity contribution in [3.63, 3.8) is 0 Å². The average molecular weight is 641 g/mol. The molecule has 45 heavy (non-hydrogen) atoms. The Morgan fingerprint density at radius 3 is 1.91 bits per heavy atom. The van der Waals surface area contributed by atoms with Crippen LogP contribution >= 0.6 is 0 Å². The molecule has 2 aromatic rings. The normalized spacial score (nSPS) is 14.8. The van der Waals surface area contributed by atoms with Crippen LogP contribution in [0.1, 0.15) is 66.5 Å². The monoisotopic (exact) mass is 640 g/mol. The molecule has 0 saturated heterocycles. The Labute approximate surface area is 270 Å². The highest BCUT2D eigenvalue weighted by Crippen LogP contribution is 2.29. The highest BCUT2D eigenvalue weighted by atomic mass is 32.2. The van der Waals surface area contributed by atoms with Crippen LogP contribution in [0.3, 0.4) is 0 Å². The molecule has 3 N–H and O–H groups in total. The molecule has 0 aliphatic carbocycles. The lowest BCUT2D eigenvalue weighted by atomic mass is 9.76. The van der Waals surface area contributed by atoms with Crippen molar-refractivity contribution in [2.45, 2.75) is 85.4 Å². The summed E-state index contributed by atoms with van der Waals surface area (Å²) in [5.41, 5.74) is 0.796. The summed E-state index contributed by atoms with van der Waals surface area (Å²) in [5, 5.41) is 6.16. The van der Waals surface area contributed by atoms with Gasteiger partial charge in [-0.05, 0) is 42.9 Å². The van der Waals surface area contributed by atoms with Gasteiger partial charge in [-0.15, -0.1) is 0 Å². The van der Waals surface area contributed by atoms with Crippen LogP contribution in [0.2, 0.25) is 0 Å². The summed E-state index contributed by atoms with van der Waals surface area (Å²) in [6.07, 6.45) is 1.88. The molecule has 0 radical (unpaired) electrons. The predicted molar refractivity (Wildman–Crippen MR) is 181 cm³/mol. The van der Waals surface area contributed by atoms with E-state index in [4.69, 9.17) is 0 Å². The second-order valence-corrected chi connectivity index (χ2v) is 15.5. The van der Waals surface area contributed by atoms with Crippen molar-refractivity contribution >= 4 is 27.7 Å². The minimum Gasteiger partial charge on any atom is -0.342 e. The number of rotatable bonds is 14. The molecule has 2 rings (SSSR count). The Hall–Kier alpha value is -3.50. The summed E-state index contributed by atoms with van der Waals surface area (Å²) in [7, 11) is -0.515. The average Bonchev–Trinajstić information content (AvgIpc) is 2.97. The molecule has 3 unspecified atom stereocenters. The van der Waals surface area contributed by atoms with E-state index in [2.05, 4.69) is 15.4 Å². The molecule has 0 aliphatic rings. The maximum atomic E-state index is 14.1. The Balaban J connectivity index is 2.25. The quantitative estimate of drug-likeness (QED) is 0.266. The van der Waals surface area contributed by atoms with Gasteiger partial charge in [0.25, 0.3) is 5.91 Å². The topological polar surface area (TPSA) is 125 Å². The maximum absolute atomic E-state index is 14.1. The largest absolute Gasteiger partial charge is 0.342 e. The molecular formula is C35H52N4O5S. The predicted octanol–water partition coefficient (Wildman–Crippen LogP) is 4.20. The van der Waals surface area contributed by atoms with E-state index in [1.54, 1.807) is 20.2 Å². The van der Waals surface area contributed by atoms with Crippen LogP contribution < -0.4 is 15.4 Å². The van der Waals surface area contributed by atoms with Gasteiger partial charge in [0.15, 0.2) is 0 Å². The van der Waals surface area contributed by atoms with E-state index in [1.807, 2.05) is 109 Å². The van der Waals surface area contributed by atoms with E-state index in [9.17, 15) is 22.8 Å². The lowest BCUT2D eigenvalue weighted by Gasteiger charge is -2.40. The van der Waals surface area contributed by atoms with Crippen molar-refractivity contribution in [2.75, 3.05) is 19.8 Å². The van der Waals surface area contributed by atoms with Crippen LogP contribution in [0, 0.1) is 11.3 Å². The molecule has 0 spiro atoms. The third-order valence-electron chi connectivity index (χ3n) is 8.20. The second-order valence-electron chi connectivity index (χ2n) is 13.6. The number of carbonyl (C=O) groups excluding carboxylic acids is 3. The molecule has 2 aromatic carbocycles. The van der Waals surface area contributed by atoms with E-state index in [1.165, 1.54) is 11.8 Å². The minimum absolute atomic E-state index is 0.116. The molecule has 0 fully saturated rings. The summed E-state index contributed by atoms with van der Waals surface area (Å²) in [6.45, 7) is 15.0. The van der Waals surface area contributed by atoms with Crippen LogP contribution in [0.25, 0.3) is 0 Å². The van der Waals surface area contributed by atoms with E-state index < -0.39 is 44.9 Å². The standard InChI is InChI=1S/C35H52N4O5S/c1-24(2)28(23-25(3)31(40)38-45(43,44)22-21-26-17-13-11-14-18-26)39(10)33(42)30(34(4,5)6)37-32(41)29(36-9)35(7,8)27-19-15-12-16-20-27/h11-20,23-24,28-30,36H,21-22H2,1-10H3,(H,37,41)(H,38,40)/b25-23+. The molecule has 0 aromatic heterocycles. The van der Waals surface area contributed by atoms with Crippen LogP contribution in [0.5, 0.6) is 0 Å². The first kappa shape index (κ1) is 37.7. The first-order valence-electron chi connectivity index (χ1n) is 15.4. The number of sulfonamides is 1. The van der Waals surface area contributed by atoms with Gasteiger partial charge in [0.05, 0.1) is 17.8 Å². The van der Waals surface area contributed by atoms with Crippen LogP contribution in [0.15, 0.2) is 72.3 Å². The lowest BCUT2D eigenvalue weighted by molar-refractivity contribution is -0.140. The zero-order valence-electron chi connectivity index (χ0n) is 28.5. The van der Waals surface area contributed by atoms with Crippen molar-refractivity contribution in [3.8, 4) is 0 Å². The fraction of sp³-hybridized carbons (Fsp3) is 0.514. The van der Waals surface area contributed by atoms with E-state index in [-0.39, 0.29) is 35.5 Å². The van der Waals surface area contributed by atoms with Crippen molar-refractivity contribution < 1.29 is 22.8 Å². The zero-order valence-corrected chi connectivity index (χ0v) is 29.3. The van der Waals surface area contributed by atoms with Crippen molar-refractivity contribution in [2.24, 2.45) is 11.3 Å². The Bertz CT molecular complexity index is 1430. The van der Waals surface area contributed by atoms with Crippen molar-refractivity contribution in [1.29, 1.82) is 0 Å². The Morgan fingerprint density at radius 2 is 1.42 bits per heavy atom. The summed E-state index contributed by atoms with van der Waals surface area (Å²) in [4.78, 5) is 42.3. The number of benzene rings is 2. The van der Waals surface area contributed by atoms with Gasteiger partial charge in [0, 0.05) is 18.0 Å². The number of carbonyl (C=O) groups is 3. The fourth-order valence-electron chi connectivity index (χ4n) is 5.33. The molecule has 0 aliphatic heterocycles. The molecule has 0 saturated carbocycles. The van der Waals surface area contributed by atoms with E-state index in [0.29, 0.717) is 0 Å². The number of likely N-dealkylation sites (N-methyl/N-ethyl adjacent to an activating group) is 2. The summed E-state index contributed by atoms with van der Waals surface area (Å²) < 4.78 is 27.5. The van der Waals surface area contributed by atoms with Gasteiger partial charge < -0.3 is 15.5 Å². The van der Waals surface area contributed by atoms with Gasteiger partial charge in [-0.25, -0.2) is 13.1 Å². The van der Waals surface area contributed by atoms with Gasteiger partial charge in [-0.2, -0.15) is 0 Å². The summed E-state index contributed by atoms with van der Waals surface area (Å²) >= 11 is 0. The number of nitrogens with one attached hydrogen (secondary N) is 3. The molecule has 248 valence electrons. The van der Waals surface area contributed by atoms with Crippen LogP contribution in [-0.2, 0) is 36.2 Å². The van der Waals surface area contributed by atoms with E-state index >= 15 is 0 Å². The molecule has 0 bridgehead atoms. The third kappa shape index (κ3) is 10.5. The zero-order chi connectivity index (χ0) is 34.2. The number of hydrogen-bond acceptors (Lipinski definition) is 6. The Morgan fingerprint density at radius 1 is 0.889 bits per heavy atom. The van der Waals surface area contributed by atoms with Gasteiger partial charge in [0.2, 0.25) is 21.8 Å². The number of nitrogens with zero attached hydrogens (tertiary/aromatic N) is 1. The molecule has 10 heteroatoms. The minimum atomic E-state index is -3.88. The third-order valence-corrected chi connectivity index (χ3v) is 9.44. The fourth-order valence-corrected chi connectivity index (χ4v) is 6.38. The highest BCUT2D eigenvalue weighted by Gasteiger charge is 2.41. The number of hydrogen-bond donors (Lipinski definition) is 3. The molecular weight excluding hydrogens is 588 g/mol. The maximum Gasteiger partial charge on any atom is 0.260 e. The number of amides is 3. The first-order valence-corrected chi connectivity index (χ1v) is 17.0.